The highest BCUT2D eigenvalue weighted by Gasteiger charge is 2.11. The molecule has 16 heavy (non-hydrogen) atoms. The van der Waals surface area contributed by atoms with Gasteiger partial charge in [-0.05, 0) is 18.2 Å². The molecule has 0 radical (unpaired) electrons. The Balaban J connectivity index is 2.84. The maximum atomic E-state index is 12.9. The Morgan fingerprint density at radius 3 is 2.75 bits per heavy atom. The van der Waals surface area contributed by atoms with Crippen LogP contribution >= 0.6 is 0 Å². The van der Waals surface area contributed by atoms with Crippen molar-refractivity contribution in [1.29, 1.82) is 0 Å². The average Bonchev–Trinajstić information content (AvgIpc) is 2.25. The highest BCUT2D eigenvalue weighted by Crippen LogP contribution is 2.17. The van der Waals surface area contributed by atoms with Crippen LogP contribution in [-0.2, 0) is 0 Å². The molecule has 1 unspecified atom stereocenters. The van der Waals surface area contributed by atoms with Crippen LogP contribution in [-0.4, -0.2) is 40.5 Å². The average molecular weight is 229 g/mol. The summed E-state index contributed by atoms with van der Waals surface area (Å²) in [7, 11) is 0. The number of hydrogen-bond donors (Lipinski definition) is 4. The number of hydrogen-bond acceptors (Lipinski definition) is 4. The molecule has 0 bridgehead atoms. The molecule has 0 aliphatic carbocycles. The van der Waals surface area contributed by atoms with Gasteiger partial charge >= 0.3 is 5.97 Å². The van der Waals surface area contributed by atoms with Crippen LogP contribution in [0.25, 0.3) is 0 Å². The third-order valence-electron chi connectivity index (χ3n) is 1.95. The molecule has 1 atom stereocenters. The van der Waals surface area contributed by atoms with Gasteiger partial charge in [-0.25, -0.2) is 9.18 Å². The van der Waals surface area contributed by atoms with E-state index in [9.17, 15) is 9.18 Å². The van der Waals surface area contributed by atoms with Gasteiger partial charge in [0.1, 0.15) is 5.82 Å². The number of nitrogens with one attached hydrogen (secondary N) is 1. The van der Waals surface area contributed by atoms with Crippen LogP contribution in [0.3, 0.4) is 0 Å². The molecule has 0 saturated heterocycles. The smallest absolute Gasteiger partial charge is 0.337 e. The number of rotatable bonds is 5. The van der Waals surface area contributed by atoms with Gasteiger partial charge in [-0.1, -0.05) is 0 Å². The monoisotopic (exact) mass is 229 g/mol. The topological polar surface area (TPSA) is 89.8 Å². The number of carboxylic acids is 1. The van der Waals surface area contributed by atoms with E-state index >= 15 is 0 Å². The number of carbonyl (C=O) groups is 1. The van der Waals surface area contributed by atoms with E-state index in [0.717, 1.165) is 18.2 Å². The minimum atomic E-state index is -1.19. The summed E-state index contributed by atoms with van der Waals surface area (Å²) in [6.07, 6.45) is -1.02. The largest absolute Gasteiger partial charge is 0.478 e. The van der Waals surface area contributed by atoms with E-state index in [0.29, 0.717) is 0 Å². The SMILES string of the molecule is O=C(O)c1ccc(F)cc1NCC(O)CO. The second-order valence-corrected chi connectivity index (χ2v) is 3.21. The van der Waals surface area contributed by atoms with Crippen molar-refractivity contribution in [2.75, 3.05) is 18.5 Å². The molecular formula is C10H12FNO4. The molecule has 0 aliphatic heterocycles. The zero-order valence-electron chi connectivity index (χ0n) is 8.35. The Morgan fingerprint density at radius 1 is 1.50 bits per heavy atom. The summed E-state index contributed by atoms with van der Waals surface area (Å²) in [5, 5.41) is 29.0. The Labute approximate surface area is 91.2 Å². The molecule has 88 valence electrons. The number of aliphatic hydroxyl groups excluding tert-OH is 2. The fourth-order valence-electron chi connectivity index (χ4n) is 1.14. The van der Waals surface area contributed by atoms with Crippen molar-refractivity contribution < 1.29 is 24.5 Å². The Bertz CT molecular complexity index is 383. The quantitative estimate of drug-likeness (QED) is 0.582. The van der Waals surface area contributed by atoms with Crippen molar-refractivity contribution in [2.45, 2.75) is 6.10 Å². The zero-order valence-corrected chi connectivity index (χ0v) is 8.35. The van der Waals surface area contributed by atoms with Crippen LogP contribution in [0.4, 0.5) is 10.1 Å². The minimum Gasteiger partial charge on any atom is -0.478 e. The van der Waals surface area contributed by atoms with E-state index in [4.69, 9.17) is 15.3 Å². The summed E-state index contributed by atoms with van der Waals surface area (Å²) < 4.78 is 12.9. The van der Waals surface area contributed by atoms with Crippen LogP contribution in [0, 0.1) is 5.82 Å². The Morgan fingerprint density at radius 2 is 2.19 bits per heavy atom. The summed E-state index contributed by atoms with van der Waals surface area (Å²) >= 11 is 0. The lowest BCUT2D eigenvalue weighted by Gasteiger charge is -2.12. The maximum absolute atomic E-state index is 12.9. The third kappa shape index (κ3) is 3.18. The summed E-state index contributed by atoms with van der Waals surface area (Å²) in [6, 6.07) is 3.19. The predicted octanol–water partition coefficient (Wildman–Crippen LogP) is 0.289. The Hall–Kier alpha value is -1.66. The van der Waals surface area contributed by atoms with Gasteiger partial charge in [0, 0.05) is 6.54 Å². The van der Waals surface area contributed by atoms with E-state index in [1.165, 1.54) is 0 Å². The van der Waals surface area contributed by atoms with Crippen LogP contribution < -0.4 is 5.32 Å². The first-order valence-corrected chi connectivity index (χ1v) is 4.60. The molecule has 0 spiro atoms. The second-order valence-electron chi connectivity index (χ2n) is 3.21. The molecule has 1 aromatic carbocycles. The summed E-state index contributed by atoms with van der Waals surface area (Å²) in [5.41, 5.74) is -0.0217. The molecule has 0 amide bonds. The molecule has 0 saturated carbocycles. The van der Waals surface area contributed by atoms with Crippen molar-refractivity contribution in [2.24, 2.45) is 0 Å². The third-order valence-corrected chi connectivity index (χ3v) is 1.95. The van der Waals surface area contributed by atoms with Gasteiger partial charge in [-0.3, -0.25) is 0 Å². The summed E-state index contributed by atoms with van der Waals surface area (Å²) in [4.78, 5) is 10.8. The first-order valence-electron chi connectivity index (χ1n) is 4.60. The lowest BCUT2D eigenvalue weighted by molar-refractivity contribution is 0.0697. The lowest BCUT2D eigenvalue weighted by atomic mass is 10.1. The van der Waals surface area contributed by atoms with E-state index in [1.807, 2.05) is 0 Å². The molecule has 0 fully saturated rings. The van der Waals surface area contributed by atoms with Crippen LogP contribution in [0.2, 0.25) is 0 Å². The first kappa shape index (κ1) is 12.4. The van der Waals surface area contributed by atoms with Crippen LogP contribution in [0.15, 0.2) is 18.2 Å². The van der Waals surface area contributed by atoms with Crippen molar-refractivity contribution >= 4 is 11.7 Å². The van der Waals surface area contributed by atoms with Gasteiger partial charge in [-0.2, -0.15) is 0 Å². The molecule has 1 rings (SSSR count). The number of carboxylic acid groups (broad SMARTS) is 1. The fourth-order valence-corrected chi connectivity index (χ4v) is 1.14. The molecule has 5 nitrogen and oxygen atoms in total. The maximum Gasteiger partial charge on any atom is 0.337 e. The van der Waals surface area contributed by atoms with Crippen LogP contribution in [0.1, 0.15) is 10.4 Å². The lowest BCUT2D eigenvalue weighted by Crippen LogP contribution is -2.23. The molecule has 4 N–H and O–H groups in total. The predicted molar refractivity (Wildman–Crippen MR) is 54.9 cm³/mol. The van der Waals surface area contributed by atoms with Crippen molar-refractivity contribution in [3.63, 3.8) is 0 Å². The summed E-state index contributed by atoms with van der Waals surface area (Å²) in [5.74, 6) is -1.77. The van der Waals surface area contributed by atoms with Crippen molar-refractivity contribution in [3.8, 4) is 0 Å². The molecule has 6 heteroatoms. The fraction of sp³-hybridized carbons (Fsp3) is 0.300. The Kier molecular flexibility index (Phi) is 4.21. The highest BCUT2D eigenvalue weighted by molar-refractivity contribution is 5.94. The second kappa shape index (κ2) is 5.43. The van der Waals surface area contributed by atoms with Gasteiger partial charge in [-0.15, -0.1) is 0 Å². The van der Waals surface area contributed by atoms with E-state index < -0.39 is 24.5 Å². The van der Waals surface area contributed by atoms with E-state index in [2.05, 4.69) is 5.32 Å². The van der Waals surface area contributed by atoms with E-state index in [-0.39, 0.29) is 17.8 Å². The van der Waals surface area contributed by atoms with Crippen LogP contribution in [0.5, 0.6) is 0 Å². The molecular weight excluding hydrogens is 217 g/mol. The normalized spacial score (nSPS) is 12.2. The number of halogens is 1. The number of aliphatic hydroxyl groups is 2. The van der Waals surface area contributed by atoms with Gasteiger partial charge < -0.3 is 20.6 Å². The standard InChI is InChI=1S/C10H12FNO4/c11-6-1-2-8(10(15)16)9(3-6)12-4-7(14)5-13/h1-3,7,12-14H,4-5H2,(H,15,16). The first-order chi connectivity index (χ1) is 7.54. The molecule has 0 aromatic heterocycles. The minimum absolute atomic E-state index is 0.0553. The van der Waals surface area contributed by atoms with Crippen molar-refractivity contribution in [3.05, 3.63) is 29.6 Å². The molecule has 0 aliphatic rings. The van der Waals surface area contributed by atoms with Gasteiger partial charge in [0.25, 0.3) is 0 Å². The highest BCUT2D eigenvalue weighted by atomic mass is 19.1. The molecule has 1 aromatic rings. The number of benzene rings is 1. The molecule has 0 heterocycles. The van der Waals surface area contributed by atoms with Gasteiger partial charge in [0.2, 0.25) is 0 Å². The number of aromatic carboxylic acids is 1. The van der Waals surface area contributed by atoms with Gasteiger partial charge in [0.15, 0.2) is 0 Å². The summed E-state index contributed by atoms with van der Waals surface area (Å²) in [6.45, 7) is -0.509. The number of anilines is 1. The van der Waals surface area contributed by atoms with Crippen molar-refractivity contribution in [1.82, 2.24) is 0 Å². The van der Waals surface area contributed by atoms with Gasteiger partial charge in [0.05, 0.1) is 24.0 Å². The zero-order chi connectivity index (χ0) is 12.1. The van der Waals surface area contributed by atoms with E-state index in [1.54, 1.807) is 0 Å².